The minimum Gasteiger partial charge on any atom is -0.296 e. The molecule has 2 unspecified atom stereocenters. The van der Waals surface area contributed by atoms with Crippen molar-refractivity contribution in [2.24, 2.45) is 16.8 Å². The summed E-state index contributed by atoms with van der Waals surface area (Å²) in [5.41, 5.74) is 2.70. The van der Waals surface area contributed by atoms with Crippen molar-refractivity contribution in [3.05, 3.63) is 33.8 Å². The molecule has 0 N–H and O–H groups in total. The summed E-state index contributed by atoms with van der Waals surface area (Å²) in [5.74, 6) is 2.24. The highest BCUT2D eigenvalue weighted by Gasteiger charge is 2.26. The standard InChI is InChI=1S/C18H26BrN/c1-13(15-7-5-4-6-8-15)14(2)18-10-9-17(19)11-16(18)12-20-3/h9-15H,4-8H2,1-3H3. The molecule has 1 nitrogen and oxygen atoms in total. The maximum absolute atomic E-state index is 4.22. The molecule has 1 aromatic carbocycles. The van der Waals surface area contributed by atoms with Gasteiger partial charge < -0.3 is 0 Å². The summed E-state index contributed by atoms with van der Waals surface area (Å²) in [5, 5.41) is 0. The van der Waals surface area contributed by atoms with Crippen LogP contribution in [0.3, 0.4) is 0 Å². The van der Waals surface area contributed by atoms with Crippen LogP contribution in [0, 0.1) is 11.8 Å². The molecule has 110 valence electrons. The lowest BCUT2D eigenvalue weighted by molar-refractivity contribution is 0.238. The van der Waals surface area contributed by atoms with Crippen LogP contribution in [-0.4, -0.2) is 13.3 Å². The maximum atomic E-state index is 4.22. The van der Waals surface area contributed by atoms with Crippen LogP contribution in [-0.2, 0) is 0 Å². The largest absolute Gasteiger partial charge is 0.296 e. The number of nitrogens with zero attached hydrogens (tertiary/aromatic N) is 1. The number of halogens is 1. The topological polar surface area (TPSA) is 12.4 Å². The minimum absolute atomic E-state index is 0.596. The van der Waals surface area contributed by atoms with Gasteiger partial charge in [0.15, 0.2) is 0 Å². The zero-order chi connectivity index (χ0) is 14.5. The molecule has 1 aliphatic rings. The van der Waals surface area contributed by atoms with Gasteiger partial charge in [-0.15, -0.1) is 0 Å². The SMILES string of the molecule is CN=Cc1cc(Br)ccc1C(C)C(C)C1CCCCC1. The lowest BCUT2D eigenvalue weighted by Crippen LogP contribution is -2.21. The fraction of sp³-hybridized carbons (Fsp3) is 0.611. The van der Waals surface area contributed by atoms with Gasteiger partial charge in [0.1, 0.15) is 0 Å². The van der Waals surface area contributed by atoms with Crippen LogP contribution in [0.15, 0.2) is 27.7 Å². The highest BCUT2D eigenvalue weighted by atomic mass is 79.9. The average molecular weight is 336 g/mol. The molecular formula is C18H26BrN. The first-order valence-electron chi connectivity index (χ1n) is 7.85. The molecule has 0 bridgehead atoms. The molecule has 1 aromatic rings. The van der Waals surface area contributed by atoms with E-state index in [4.69, 9.17) is 0 Å². The predicted octanol–water partition coefficient (Wildman–Crippen LogP) is 5.82. The third-order valence-corrected chi connectivity index (χ3v) is 5.48. The van der Waals surface area contributed by atoms with E-state index >= 15 is 0 Å². The third kappa shape index (κ3) is 3.72. The number of hydrogen-bond acceptors (Lipinski definition) is 1. The van der Waals surface area contributed by atoms with Gasteiger partial charge in [-0.05, 0) is 41.0 Å². The van der Waals surface area contributed by atoms with Crippen LogP contribution in [0.25, 0.3) is 0 Å². The van der Waals surface area contributed by atoms with E-state index in [9.17, 15) is 0 Å². The lowest BCUT2D eigenvalue weighted by atomic mass is 9.73. The van der Waals surface area contributed by atoms with Gasteiger partial charge in [0, 0.05) is 17.7 Å². The van der Waals surface area contributed by atoms with Gasteiger partial charge >= 0.3 is 0 Å². The Balaban J connectivity index is 2.20. The number of hydrogen-bond donors (Lipinski definition) is 0. The Morgan fingerprint density at radius 1 is 1.20 bits per heavy atom. The van der Waals surface area contributed by atoms with Crippen LogP contribution in [0.2, 0.25) is 0 Å². The average Bonchev–Trinajstić information content (AvgIpc) is 2.47. The normalized spacial score (nSPS) is 20.2. The van der Waals surface area contributed by atoms with Crippen molar-refractivity contribution < 1.29 is 0 Å². The summed E-state index contributed by atoms with van der Waals surface area (Å²) in [7, 11) is 1.85. The van der Waals surface area contributed by atoms with Crippen molar-refractivity contribution in [2.75, 3.05) is 7.05 Å². The summed E-state index contributed by atoms with van der Waals surface area (Å²) in [4.78, 5) is 4.22. The van der Waals surface area contributed by atoms with Crippen molar-refractivity contribution in [2.45, 2.75) is 51.9 Å². The summed E-state index contributed by atoms with van der Waals surface area (Å²) in [6, 6.07) is 6.62. The van der Waals surface area contributed by atoms with E-state index in [1.165, 1.54) is 43.2 Å². The zero-order valence-corrected chi connectivity index (χ0v) is 14.5. The second-order valence-corrected chi connectivity index (χ2v) is 7.12. The van der Waals surface area contributed by atoms with Crippen molar-refractivity contribution in [1.29, 1.82) is 0 Å². The number of aliphatic imine (C=N–C) groups is 1. The Kier molecular flexibility index (Phi) is 5.83. The Morgan fingerprint density at radius 2 is 1.90 bits per heavy atom. The van der Waals surface area contributed by atoms with Crippen LogP contribution in [0.5, 0.6) is 0 Å². The quantitative estimate of drug-likeness (QED) is 0.615. The molecule has 1 aliphatic carbocycles. The molecule has 0 spiro atoms. The Hall–Kier alpha value is -0.630. The second kappa shape index (κ2) is 7.40. The van der Waals surface area contributed by atoms with Crippen LogP contribution in [0.4, 0.5) is 0 Å². The predicted molar refractivity (Wildman–Crippen MR) is 91.8 cm³/mol. The molecule has 2 rings (SSSR count). The maximum Gasteiger partial charge on any atom is 0.0284 e. The van der Waals surface area contributed by atoms with Crippen molar-refractivity contribution >= 4 is 22.1 Å². The van der Waals surface area contributed by atoms with Crippen molar-refractivity contribution in [1.82, 2.24) is 0 Å². The van der Waals surface area contributed by atoms with Crippen molar-refractivity contribution in [3.8, 4) is 0 Å². The molecule has 0 aromatic heterocycles. The highest BCUT2D eigenvalue weighted by molar-refractivity contribution is 9.10. The first-order valence-corrected chi connectivity index (χ1v) is 8.64. The first kappa shape index (κ1) is 15.8. The van der Waals surface area contributed by atoms with Crippen molar-refractivity contribution in [3.63, 3.8) is 0 Å². The Morgan fingerprint density at radius 3 is 2.55 bits per heavy atom. The number of benzene rings is 1. The van der Waals surface area contributed by atoms with E-state index in [-0.39, 0.29) is 0 Å². The summed E-state index contributed by atoms with van der Waals surface area (Å²) in [6.07, 6.45) is 9.10. The third-order valence-electron chi connectivity index (χ3n) is 4.99. The van der Waals surface area contributed by atoms with Gasteiger partial charge in [0.2, 0.25) is 0 Å². The van der Waals surface area contributed by atoms with Gasteiger partial charge in [-0.25, -0.2) is 0 Å². The Bertz CT molecular complexity index is 460. The van der Waals surface area contributed by atoms with Crippen LogP contribution >= 0.6 is 15.9 Å². The lowest BCUT2D eigenvalue weighted by Gasteiger charge is -2.32. The Labute approximate surface area is 132 Å². The smallest absolute Gasteiger partial charge is 0.0284 e. The molecule has 0 saturated heterocycles. The molecule has 0 amide bonds. The van der Waals surface area contributed by atoms with Gasteiger partial charge in [-0.3, -0.25) is 4.99 Å². The zero-order valence-electron chi connectivity index (χ0n) is 12.9. The fourth-order valence-electron chi connectivity index (χ4n) is 3.56. The fourth-order valence-corrected chi connectivity index (χ4v) is 3.94. The van der Waals surface area contributed by atoms with Crippen LogP contribution in [0.1, 0.15) is 63.0 Å². The van der Waals surface area contributed by atoms with Gasteiger partial charge in [0.05, 0.1) is 0 Å². The monoisotopic (exact) mass is 335 g/mol. The molecule has 0 radical (unpaired) electrons. The molecule has 1 saturated carbocycles. The van der Waals surface area contributed by atoms with E-state index in [0.29, 0.717) is 5.92 Å². The summed E-state index contributed by atoms with van der Waals surface area (Å²) < 4.78 is 1.13. The summed E-state index contributed by atoms with van der Waals surface area (Å²) >= 11 is 3.57. The first-order chi connectivity index (χ1) is 9.63. The molecular weight excluding hydrogens is 310 g/mol. The molecule has 20 heavy (non-hydrogen) atoms. The number of rotatable bonds is 4. The van der Waals surface area contributed by atoms with Gasteiger partial charge in [-0.1, -0.05) is 67.9 Å². The second-order valence-electron chi connectivity index (χ2n) is 6.21. The van der Waals surface area contributed by atoms with Crippen LogP contribution < -0.4 is 0 Å². The molecule has 0 heterocycles. The molecule has 2 heteroatoms. The van der Waals surface area contributed by atoms with E-state index < -0.39 is 0 Å². The molecule has 2 atom stereocenters. The molecule has 0 aliphatic heterocycles. The molecule has 1 fully saturated rings. The van der Waals surface area contributed by atoms with E-state index in [1.807, 2.05) is 13.3 Å². The van der Waals surface area contributed by atoms with E-state index in [2.05, 4.69) is 53.0 Å². The van der Waals surface area contributed by atoms with E-state index in [1.54, 1.807) is 0 Å². The summed E-state index contributed by atoms with van der Waals surface area (Å²) in [6.45, 7) is 4.82. The van der Waals surface area contributed by atoms with E-state index in [0.717, 1.165) is 16.3 Å². The minimum atomic E-state index is 0.596. The highest BCUT2D eigenvalue weighted by Crippen LogP contribution is 2.38. The van der Waals surface area contributed by atoms with Gasteiger partial charge in [-0.2, -0.15) is 0 Å². The van der Waals surface area contributed by atoms with Gasteiger partial charge in [0.25, 0.3) is 0 Å².